The number of nitrogens with zero attached hydrogens (tertiary/aromatic N) is 5. The lowest BCUT2D eigenvalue weighted by molar-refractivity contribution is -0.144. The second-order valence-electron chi connectivity index (χ2n) is 15.0. The Kier molecular flexibility index (Phi) is 12.9. The molecule has 2 saturated heterocycles. The maximum absolute atomic E-state index is 13.9. The Morgan fingerprint density at radius 1 is 0.929 bits per heavy atom. The van der Waals surface area contributed by atoms with Gasteiger partial charge in [0, 0.05) is 57.7 Å². The van der Waals surface area contributed by atoms with Crippen LogP contribution in [0.5, 0.6) is 11.5 Å². The molecule has 0 radical (unpaired) electrons. The van der Waals surface area contributed by atoms with Gasteiger partial charge in [-0.25, -0.2) is 14.8 Å². The molecule has 2 amide bonds. The van der Waals surface area contributed by atoms with Crippen LogP contribution >= 0.6 is 0 Å². The van der Waals surface area contributed by atoms with E-state index in [2.05, 4.69) is 30.7 Å². The molecule has 15 heteroatoms. The van der Waals surface area contributed by atoms with Crippen molar-refractivity contribution >= 4 is 23.7 Å². The third-order valence-electron chi connectivity index (χ3n) is 10.4. The van der Waals surface area contributed by atoms with E-state index in [4.69, 9.17) is 14.0 Å². The molecule has 2 fully saturated rings. The molecule has 6 rings (SSSR count). The first-order valence-electron chi connectivity index (χ1n) is 19.1. The van der Waals surface area contributed by atoms with E-state index in [9.17, 15) is 24.6 Å². The number of aromatic hydroxyl groups is 2. The zero-order valence-electron chi connectivity index (χ0n) is 32.6. The lowest BCUT2D eigenvalue weighted by atomic mass is 9.93. The first-order valence-corrected chi connectivity index (χ1v) is 19.1. The monoisotopic (exact) mass is 769 g/mol. The Morgan fingerprint density at radius 2 is 1.61 bits per heavy atom. The number of amides is 2. The third kappa shape index (κ3) is 9.28. The number of phenolic OH excluding ortho intramolecular Hbond substituents is 2. The lowest BCUT2D eigenvalue weighted by Crippen LogP contribution is -2.45. The molecule has 0 bridgehead atoms. The van der Waals surface area contributed by atoms with Gasteiger partial charge in [0.05, 0.1) is 37.0 Å². The highest BCUT2D eigenvalue weighted by atomic mass is 16.5. The van der Waals surface area contributed by atoms with Crippen LogP contribution < -0.4 is 15.5 Å². The van der Waals surface area contributed by atoms with Crippen LogP contribution in [0.4, 0.5) is 5.95 Å². The number of piperidine rings is 1. The second kappa shape index (κ2) is 17.9. The highest BCUT2D eigenvalue weighted by molar-refractivity contribution is 6.02. The summed E-state index contributed by atoms with van der Waals surface area (Å²) >= 11 is 0. The summed E-state index contributed by atoms with van der Waals surface area (Å²) in [5, 5.41) is 31.5. The number of nitrogens with one attached hydrogen (secondary N) is 2. The molecule has 2 aliphatic heterocycles. The van der Waals surface area contributed by atoms with Gasteiger partial charge >= 0.3 is 5.97 Å². The Morgan fingerprint density at radius 3 is 2.23 bits per heavy atom. The largest absolute Gasteiger partial charge is 0.508 e. The molecule has 2 aromatic heterocycles. The molecule has 0 saturated carbocycles. The molecular weight excluding hydrogens is 718 g/mol. The number of hydrogen-bond donors (Lipinski definition) is 4. The molecule has 4 heterocycles. The molecule has 56 heavy (non-hydrogen) atoms. The van der Waals surface area contributed by atoms with Crippen molar-refractivity contribution in [3.05, 3.63) is 71.2 Å². The summed E-state index contributed by atoms with van der Waals surface area (Å²) in [6.45, 7) is 13.1. The van der Waals surface area contributed by atoms with Crippen LogP contribution in [0.2, 0.25) is 0 Å². The van der Waals surface area contributed by atoms with E-state index in [-0.39, 0.29) is 46.3 Å². The number of anilines is 1. The SMILES string of the molecule is COC(=O)[C@H](NC(=O)c1cnc(N2CCC(CNC(=O)c3noc(-c4cc(C(C)C)c(O)cc4O)c3-c3ccc(CN4CCOCC4)cc3)CC2)nc1)C(C)C. The average Bonchev–Trinajstić information content (AvgIpc) is 3.64. The number of carbonyl (C=O) groups excluding carboxylic acids is 3. The topological polar surface area (TPSA) is 192 Å². The van der Waals surface area contributed by atoms with Gasteiger partial charge in [-0.3, -0.25) is 14.5 Å². The predicted molar refractivity (Wildman–Crippen MR) is 208 cm³/mol. The summed E-state index contributed by atoms with van der Waals surface area (Å²) in [6, 6.07) is 10.1. The molecule has 15 nitrogen and oxygen atoms in total. The maximum Gasteiger partial charge on any atom is 0.328 e. The summed E-state index contributed by atoms with van der Waals surface area (Å²) in [4.78, 5) is 51.9. The molecule has 0 spiro atoms. The van der Waals surface area contributed by atoms with Gasteiger partial charge in [0.2, 0.25) is 5.95 Å². The van der Waals surface area contributed by atoms with Gasteiger partial charge in [-0.1, -0.05) is 57.1 Å². The smallest absolute Gasteiger partial charge is 0.328 e. The quantitative estimate of drug-likeness (QED) is 0.137. The van der Waals surface area contributed by atoms with E-state index >= 15 is 0 Å². The van der Waals surface area contributed by atoms with Crippen LogP contribution in [0, 0.1) is 11.8 Å². The van der Waals surface area contributed by atoms with Gasteiger partial charge in [-0.2, -0.15) is 0 Å². The number of hydrogen-bond acceptors (Lipinski definition) is 13. The number of methoxy groups -OCH3 is 1. The van der Waals surface area contributed by atoms with Crippen molar-refractivity contribution in [2.75, 3.05) is 57.9 Å². The molecule has 1 atom stereocenters. The van der Waals surface area contributed by atoms with Crippen molar-refractivity contribution in [1.29, 1.82) is 0 Å². The van der Waals surface area contributed by atoms with Gasteiger partial charge in [0.1, 0.15) is 17.5 Å². The first-order chi connectivity index (χ1) is 26.9. The lowest BCUT2D eigenvalue weighted by Gasteiger charge is -2.32. The molecule has 4 N–H and O–H groups in total. The fourth-order valence-electron chi connectivity index (χ4n) is 7.04. The average molecular weight is 770 g/mol. The molecule has 2 aromatic carbocycles. The van der Waals surface area contributed by atoms with Gasteiger partial charge in [0.15, 0.2) is 11.5 Å². The minimum Gasteiger partial charge on any atom is -0.508 e. The summed E-state index contributed by atoms with van der Waals surface area (Å²) in [5.74, 6) is -0.889. The number of esters is 1. The van der Waals surface area contributed by atoms with Crippen LogP contribution in [0.3, 0.4) is 0 Å². The van der Waals surface area contributed by atoms with Crippen molar-refractivity contribution in [3.63, 3.8) is 0 Å². The second-order valence-corrected chi connectivity index (χ2v) is 15.0. The number of morpholine rings is 1. The van der Waals surface area contributed by atoms with Gasteiger partial charge in [-0.15, -0.1) is 0 Å². The van der Waals surface area contributed by atoms with Crippen LogP contribution in [-0.4, -0.2) is 107 Å². The number of rotatable bonds is 13. The number of ether oxygens (including phenoxy) is 2. The predicted octanol–water partition coefficient (Wildman–Crippen LogP) is 4.74. The number of carbonyl (C=O) groups is 3. The van der Waals surface area contributed by atoms with Crippen molar-refractivity contribution in [1.82, 2.24) is 30.7 Å². The fourth-order valence-corrected chi connectivity index (χ4v) is 7.04. The number of phenols is 2. The minimum atomic E-state index is -0.785. The Balaban J connectivity index is 1.13. The molecule has 298 valence electrons. The van der Waals surface area contributed by atoms with Crippen LogP contribution in [0.25, 0.3) is 22.5 Å². The third-order valence-corrected chi connectivity index (χ3v) is 10.4. The van der Waals surface area contributed by atoms with Crippen molar-refractivity contribution in [3.8, 4) is 33.9 Å². The van der Waals surface area contributed by atoms with E-state index < -0.39 is 23.8 Å². The van der Waals surface area contributed by atoms with E-state index in [1.165, 1.54) is 25.6 Å². The maximum atomic E-state index is 13.9. The molecule has 4 aromatic rings. The Labute approximate surface area is 326 Å². The first kappa shape index (κ1) is 40.1. The van der Waals surface area contributed by atoms with Crippen molar-refractivity contribution < 1.29 is 38.6 Å². The van der Waals surface area contributed by atoms with Crippen LogP contribution in [-0.2, 0) is 20.8 Å². The van der Waals surface area contributed by atoms with Crippen LogP contribution in [0.15, 0.2) is 53.3 Å². The normalized spacial score (nSPS) is 15.9. The zero-order chi connectivity index (χ0) is 39.9. The molecule has 2 aliphatic rings. The van der Waals surface area contributed by atoms with Gasteiger partial charge in [0.25, 0.3) is 11.8 Å². The molecular formula is C41H51N7O8. The number of aromatic nitrogens is 3. The van der Waals surface area contributed by atoms with E-state index in [0.717, 1.165) is 38.0 Å². The zero-order valence-corrected chi connectivity index (χ0v) is 32.6. The van der Waals surface area contributed by atoms with E-state index in [0.29, 0.717) is 61.1 Å². The summed E-state index contributed by atoms with van der Waals surface area (Å²) < 4.78 is 16.1. The standard InChI is InChI=1S/C41H51N7O8/c1-24(2)30-18-31(33(50)19-32(30)49)37-34(28-8-6-27(7-9-28)23-47-14-16-55-17-15-47)36(46-56-37)39(52)42-20-26-10-12-48(13-11-26)41-43-21-29(22-44-41)38(51)45-35(25(3)4)40(53)54-5/h6-9,18-19,21-22,24-26,35,49-50H,10-17,20,23H2,1-5H3,(H,42,52)(H,45,51)/t35-/m1/s1. The summed E-state index contributed by atoms with van der Waals surface area (Å²) in [5.41, 5.74) is 3.56. The fraction of sp³-hybridized carbons (Fsp3) is 0.463. The van der Waals surface area contributed by atoms with Gasteiger partial charge < -0.3 is 39.7 Å². The van der Waals surface area contributed by atoms with Crippen molar-refractivity contribution in [2.45, 2.75) is 59.0 Å². The molecule has 0 aliphatic carbocycles. The van der Waals surface area contributed by atoms with Gasteiger partial charge in [-0.05, 0) is 53.4 Å². The van der Waals surface area contributed by atoms with E-state index in [1.54, 1.807) is 6.07 Å². The highest BCUT2D eigenvalue weighted by Gasteiger charge is 2.29. The van der Waals surface area contributed by atoms with Crippen LogP contribution in [0.1, 0.15) is 78.4 Å². The highest BCUT2D eigenvalue weighted by Crippen LogP contribution is 2.43. The van der Waals surface area contributed by atoms with Crippen molar-refractivity contribution in [2.24, 2.45) is 11.8 Å². The van der Waals surface area contributed by atoms with E-state index in [1.807, 2.05) is 56.9 Å². The Bertz CT molecular complexity index is 1980. The summed E-state index contributed by atoms with van der Waals surface area (Å²) in [7, 11) is 1.28. The number of benzene rings is 2. The summed E-state index contributed by atoms with van der Waals surface area (Å²) in [6.07, 6.45) is 4.42. The minimum absolute atomic E-state index is 0.0259. The Hall–Kier alpha value is -5.54. The molecule has 0 unspecified atom stereocenters.